The van der Waals surface area contributed by atoms with E-state index in [1.54, 1.807) is 20.8 Å². The molecule has 0 bridgehead atoms. The van der Waals surface area contributed by atoms with Crippen molar-refractivity contribution in [2.24, 2.45) is 0 Å². The zero-order chi connectivity index (χ0) is 17.3. The van der Waals surface area contributed by atoms with E-state index in [-0.39, 0.29) is 26.2 Å². The van der Waals surface area contributed by atoms with Gasteiger partial charge in [0.25, 0.3) is 0 Å². The maximum absolute atomic E-state index is 11.5. The van der Waals surface area contributed by atoms with Crippen molar-refractivity contribution in [3.63, 3.8) is 0 Å². The number of hydrogen-bond acceptors (Lipinski definition) is 5. The second-order valence-corrected chi connectivity index (χ2v) is 6.62. The molecular formula is C16H22BrNO5. The Morgan fingerprint density at radius 1 is 1.22 bits per heavy atom. The molecule has 0 unspecified atom stereocenters. The van der Waals surface area contributed by atoms with E-state index < -0.39 is 17.7 Å². The molecule has 0 fully saturated rings. The first-order valence-corrected chi connectivity index (χ1v) is 8.06. The number of benzene rings is 1. The van der Waals surface area contributed by atoms with Crippen molar-refractivity contribution in [1.82, 2.24) is 5.32 Å². The first kappa shape index (κ1) is 19.3. The van der Waals surface area contributed by atoms with Crippen molar-refractivity contribution in [3.8, 4) is 5.75 Å². The summed E-state index contributed by atoms with van der Waals surface area (Å²) in [5.74, 6) is 0.293. The number of carbonyl (C=O) groups excluding carboxylic acids is 2. The number of hydrogen-bond donors (Lipinski definition) is 1. The monoisotopic (exact) mass is 387 g/mol. The number of nitrogens with one attached hydrogen (secondary N) is 1. The van der Waals surface area contributed by atoms with Gasteiger partial charge in [0.05, 0.1) is 6.42 Å². The van der Waals surface area contributed by atoms with E-state index >= 15 is 0 Å². The minimum absolute atomic E-state index is 0.0795. The lowest BCUT2D eigenvalue weighted by Crippen LogP contribution is -2.33. The van der Waals surface area contributed by atoms with Gasteiger partial charge < -0.3 is 19.5 Å². The quantitative estimate of drug-likeness (QED) is 0.573. The zero-order valence-corrected chi connectivity index (χ0v) is 15.1. The Balaban J connectivity index is 2.09. The van der Waals surface area contributed by atoms with Crippen LogP contribution >= 0.6 is 15.9 Å². The highest BCUT2D eigenvalue weighted by molar-refractivity contribution is 9.10. The normalized spacial score (nSPS) is 10.8. The number of halogens is 1. The van der Waals surface area contributed by atoms with Crippen molar-refractivity contribution in [2.75, 3.05) is 19.8 Å². The summed E-state index contributed by atoms with van der Waals surface area (Å²) in [4.78, 5) is 22.9. The van der Waals surface area contributed by atoms with Gasteiger partial charge in [-0.1, -0.05) is 22.0 Å². The molecule has 7 heteroatoms. The largest absolute Gasteiger partial charge is 0.490 e. The van der Waals surface area contributed by atoms with Gasteiger partial charge in [0, 0.05) is 11.0 Å². The average Bonchev–Trinajstić information content (AvgIpc) is 2.42. The maximum atomic E-state index is 11.5. The Kier molecular flexibility index (Phi) is 7.88. The van der Waals surface area contributed by atoms with Crippen LogP contribution in [0, 0.1) is 0 Å². The number of rotatable bonds is 7. The molecule has 0 aliphatic rings. The van der Waals surface area contributed by atoms with Crippen LogP contribution in [0.15, 0.2) is 28.7 Å². The van der Waals surface area contributed by atoms with Crippen molar-refractivity contribution < 1.29 is 23.8 Å². The van der Waals surface area contributed by atoms with Crippen molar-refractivity contribution in [1.29, 1.82) is 0 Å². The Hall–Kier alpha value is -1.76. The van der Waals surface area contributed by atoms with Gasteiger partial charge in [0.1, 0.15) is 24.6 Å². The fourth-order valence-corrected chi connectivity index (χ4v) is 1.90. The summed E-state index contributed by atoms with van der Waals surface area (Å²) >= 11 is 3.34. The van der Waals surface area contributed by atoms with Crippen molar-refractivity contribution in [2.45, 2.75) is 32.8 Å². The smallest absolute Gasteiger partial charge is 0.407 e. The molecule has 0 atom stereocenters. The van der Waals surface area contributed by atoms with Crippen LogP contribution in [-0.4, -0.2) is 37.4 Å². The summed E-state index contributed by atoms with van der Waals surface area (Å²) in [5, 5.41) is 2.49. The van der Waals surface area contributed by atoms with E-state index in [1.807, 2.05) is 24.3 Å². The molecular weight excluding hydrogens is 366 g/mol. The van der Waals surface area contributed by atoms with Gasteiger partial charge in [-0.15, -0.1) is 0 Å². The predicted molar refractivity (Wildman–Crippen MR) is 89.4 cm³/mol. The highest BCUT2D eigenvalue weighted by Crippen LogP contribution is 2.17. The summed E-state index contributed by atoms with van der Waals surface area (Å²) in [6.45, 7) is 5.89. The van der Waals surface area contributed by atoms with Gasteiger partial charge >= 0.3 is 12.1 Å². The van der Waals surface area contributed by atoms with Gasteiger partial charge in [0.15, 0.2) is 0 Å². The van der Waals surface area contributed by atoms with E-state index in [0.717, 1.165) is 4.47 Å². The SMILES string of the molecule is CC(C)(C)OC(=O)NCCC(=O)OCCOc1cccc(Br)c1. The van der Waals surface area contributed by atoms with Crippen LogP contribution in [0.25, 0.3) is 0 Å². The summed E-state index contributed by atoms with van der Waals surface area (Å²) in [5.41, 5.74) is -0.561. The third-order valence-electron chi connectivity index (χ3n) is 2.41. The lowest BCUT2D eigenvalue weighted by Gasteiger charge is -2.19. The summed E-state index contributed by atoms with van der Waals surface area (Å²) < 4.78 is 16.4. The summed E-state index contributed by atoms with van der Waals surface area (Å²) in [6.07, 6.45) is -0.473. The van der Waals surface area contributed by atoms with Crippen LogP contribution < -0.4 is 10.1 Å². The molecule has 128 valence electrons. The fraction of sp³-hybridized carbons (Fsp3) is 0.500. The molecule has 0 heterocycles. The van der Waals surface area contributed by atoms with E-state index in [9.17, 15) is 9.59 Å². The standard InChI is InChI=1S/C16H22BrNO5/c1-16(2,3)23-15(20)18-8-7-14(19)22-10-9-21-13-6-4-5-12(17)11-13/h4-6,11H,7-10H2,1-3H3,(H,18,20). The molecule has 0 saturated heterocycles. The minimum atomic E-state index is -0.561. The molecule has 1 aromatic carbocycles. The van der Waals surface area contributed by atoms with Crippen LogP contribution in [0.1, 0.15) is 27.2 Å². The van der Waals surface area contributed by atoms with Gasteiger partial charge in [-0.3, -0.25) is 4.79 Å². The number of carbonyl (C=O) groups is 2. The van der Waals surface area contributed by atoms with Crippen LogP contribution in [0.2, 0.25) is 0 Å². The van der Waals surface area contributed by atoms with Crippen LogP contribution in [0.3, 0.4) is 0 Å². The Bertz CT molecular complexity index is 527. The molecule has 1 aromatic rings. The Labute approximate surface area is 144 Å². The van der Waals surface area contributed by atoms with Crippen LogP contribution in [0.4, 0.5) is 4.79 Å². The number of amides is 1. The van der Waals surface area contributed by atoms with Gasteiger partial charge in [-0.2, -0.15) is 0 Å². The predicted octanol–water partition coefficient (Wildman–Crippen LogP) is 3.29. The van der Waals surface area contributed by atoms with Gasteiger partial charge in [-0.25, -0.2) is 4.79 Å². The summed E-state index contributed by atoms with van der Waals surface area (Å²) in [7, 11) is 0. The molecule has 0 saturated carbocycles. The Morgan fingerprint density at radius 3 is 2.61 bits per heavy atom. The lowest BCUT2D eigenvalue weighted by molar-refractivity contribution is -0.144. The number of ether oxygens (including phenoxy) is 3. The minimum Gasteiger partial charge on any atom is -0.490 e. The molecule has 0 spiro atoms. The van der Waals surface area contributed by atoms with E-state index in [2.05, 4.69) is 21.2 Å². The van der Waals surface area contributed by atoms with E-state index in [1.165, 1.54) is 0 Å². The Morgan fingerprint density at radius 2 is 1.96 bits per heavy atom. The molecule has 23 heavy (non-hydrogen) atoms. The zero-order valence-electron chi connectivity index (χ0n) is 13.6. The van der Waals surface area contributed by atoms with Gasteiger partial charge in [-0.05, 0) is 39.0 Å². The third kappa shape index (κ3) is 9.78. The van der Waals surface area contributed by atoms with Crippen LogP contribution in [-0.2, 0) is 14.3 Å². The molecule has 6 nitrogen and oxygen atoms in total. The number of alkyl carbamates (subject to hydrolysis) is 1. The molecule has 1 N–H and O–H groups in total. The van der Waals surface area contributed by atoms with Crippen molar-refractivity contribution >= 4 is 28.0 Å². The molecule has 0 aromatic heterocycles. The van der Waals surface area contributed by atoms with E-state index in [0.29, 0.717) is 5.75 Å². The van der Waals surface area contributed by atoms with Gasteiger partial charge in [0.2, 0.25) is 0 Å². The first-order valence-electron chi connectivity index (χ1n) is 7.27. The topological polar surface area (TPSA) is 73.9 Å². The molecule has 0 aliphatic carbocycles. The molecule has 1 amide bonds. The first-order chi connectivity index (χ1) is 10.8. The lowest BCUT2D eigenvalue weighted by atomic mass is 10.2. The maximum Gasteiger partial charge on any atom is 0.407 e. The second-order valence-electron chi connectivity index (χ2n) is 5.70. The summed E-state index contributed by atoms with van der Waals surface area (Å²) in [6, 6.07) is 7.39. The van der Waals surface area contributed by atoms with Crippen LogP contribution in [0.5, 0.6) is 5.75 Å². The average molecular weight is 388 g/mol. The highest BCUT2D eigenvalue weighted by Gasteiger charge is 2.15. The third-order valence-corrected chi connectivity index (χ3v) is 2.90. The highest BCUT2D eigenvalue weighted by atomic mass is 79.9. The fourth-order valence-electron chi connectivity index (χ4n) is 1.52. The molecule has 1 rings (SSSR count). The second kappa shape index (κ2) is 9.39. The number of esters is 1. The van der Waals surface area contributed by atoms with Crippen molar-refractivity contribution in [3.05, 3.63) is 28.7 Å². The molecule has 0 aliphatic heterocycles. The molecule has 0 radical (unpaired) electrons. The van der Waals surface area contributed by atoms with E-state index in [4.69, 9.17) is 14.2 Å².